The second-order valence-electron chi connectivity index (χ2n) is 8.20. The Morgan fingerprint density at radius 1 is 1.12 bits per heavy atom. The molecule has 0 aliphatic heterocycles. The predicted octanol–water partition coefficient (Wildman–Crippen LogP) is 4.95. The highest BCUT2D eigenvalue weighted by atomic mass is 16.1. The number of hydrogen-bond donors (Lipinski definition) is 0. The van der Waals surface area contributed by atoms with Gasteiger partial charge in [-0.25, -0.2) is 0 Å². The number of aryl methyl sites for hydroxylation is 1. The first-order chi connectivity index (χ1) is 11.6. The summed E-state index contributed by atoms with van der Waals surface area (Å²) < 4.78 is 2.26. The molecule has 0 N–H and O–H groups in total. The van der Waals surface area contributed by atoms with Crippen LogP contribution in [0.5, 0.6) is 0 Å². The molecule has 0 spiro atoms. The topological polar surface area (TPSA) is 25.2 Å². The lowest BCUT2D eigenvalue weighted by atomic mass is 10.1. The lowest BCUT2D eigenvalue weighted by Crippen LogP contribution is -2.35. The number of carbonyl (C=O) groups excluding carboxylic acids is 1. The van der Waals surface area contributed by atoms with Crippen molar-refractivity contribution in [1.82, 2.24) is 9.47 Å². The van der Waals surface area contributed by atoms with Crippen molar-refractivity contribution in [3.63, 3.8) is 0 Å². The number of aromatic nitrogens is 1. The van der Waals surface area contributed by atoms with Crippen molar-refractivity contribution >= 4 is 5.78 Å². The Morgan fingerprint density at radius 2 is 1.72 bits per heavy atom. The molecule has 1 aromatic carbocycles. The summed E-state index contributed by atoms with van der Waals surface area (Å²) in [7, 11) is 0. The summed E-state index contributed by atoms with van der Waals surface area (Å²) in [4.78, 5) is 15.2. The number of nitrogens with zero attached hydrogens (tertiary/aromatic N) is 2. The average Bonchev–Trinajstić information content (AvgIpc) is 2.82. The van der Waals surface area contributed by atoms with Gasteiger partial charge in [-0.1, -0.05) is 30.3 Å². The van der Waals surface area contributed by atoms with Gasteiger partial charge in [0.2, 0.25) is 0 Å². The summed E-state index contributed by atoms with van der Waals surface area (Å²) in [6.07, 6.45) is 0. The van der Waals surface area contributed by atoms with Crippen LogP contribution in [-0.2, 0) is 12.1 Å². The number of hydrogen-bond acceptors (Lipinski definition) is 2. The van der Waals surface area contributed by atoms with Crippen molar-refractivity contribution in [3.05, 3.63) is 58.9 Å². The van der Waals surface area contributed by atoms with Crippen LogP contribution in [0.15, 0.2) is 36.4 Å². The van der Waals surface area contributed by atoms with E-state index in [9.17, 15) is 4.79 Å². The molecule has 0 amide bonds. The average molecular weight is 341 g/mol. The van der Waals surface area contributed by atoms with Gasteiger partial charge >= 0.3 is 0 Å². The lowest BCUT2D eigenvalue weighted by molar-refractivity contribution is 0.0897. The van der Waals surface area contributed by atoms with Crippen molar-refractivity contribution in [2.75, 3.05) is 6.54 Å². The molecule has 0 radical (unpaired) electrons. The highest BCUT2D eigenvalue weighted by Crippen LogP contribution is 2.25. The first kappa shape index (κ1) is 19.5. The number of carbonyl (C=O) groups is 1. The van der Waals surface area contributed by atoms with Crippen LogP contribution in [-0.4, -0.2) is 27.8 Å². The monoisotopic (exact) mass is 340 g/mol. The van der Waals surface area contributed by atoms with Crippen molar-refractivity contribution in [2.45, 2.75) is 66.6 Å². The minimum atomic E-state index is -0.0194. The van der Waals surface area contributed by atoms with Crippen LogP contribution in [0.3, 0.4) is 0 Å². The third kappa shape index (κ3) is 4.60. The largest absolute Gasteiger partial charge is 0.343 e. The molecule has 0 fully saturated rings. The van der Waals surface area contributed by atoms with Crippen LogP contribution >= 0.6 is 0 Å². The zero-order chi connectivity index (χ0) is 18.8. The van der Waals surface area contributed by atoms with E-state index < -0.39 is 0 Å². The molecule has 3 heteroatoms. The zero-order valence-corrected chi connectivity index (χ0v) is 16.8. The maximum atomic E-state index is 13.0. The van der Waals surface area contributed by atoms with E-state index in [4.69, 9.17) is 0 Å². The van der Waals surface area contributed by atoms with Crippen molar-refractivity contribution in [2.24, 2.45) is 0 Å². The van der Waals surface area contributed by atoms with Crippen molar-refractivity contribution < 1.29 is 4.79 Å². The Kier molecular flexibility index (Phi) is 5.89. The van der Waals surface area contributed by atoms with E-state index in [1.807, 2.05) is 24.3 Å². The summed E-state index contributed by atoms with van der Waals surface area (Å²) >= 11 is 0. The van der Waals surface area contributed by atoms with Crippen LogP contribution < -0.4 is 0 Å². The number of Topliss-reactive ketones (excluding diaryl/α,β-unsaturated/α-hetero) is 1. The Hall–Kier alpha value is -1.87. The van der Waals surface area contributed by atoms with Gasteiger partial charge in [-0.05, 0) is 60.1 Å². The van der Waals surface area contributed by atoms with E-state index in [1.54, 1.807) is 0 Å². The molecule has 0 aliphatic carbocycles. The van der Waals surface area contributed by atoms with E-state index in [0.717, 1.165) is 23.5 Å². The maximum absolute atomic E-state index is 13.0. The molecule has 0 saturated heterocycles. The van der Waals surface area contributed by atoms with Gasteiger partial charge in [0.25, 0.3) is 0 Å². The summed E-state index contributed by atoms with van der Waals surface area (Å²) in [5, 5.41) is 0. The van der Waals surface area contributed by atoms with Crippen molar-refractivity contribution in [1.29, 1.82) is 0 Å². The van der Waals surface area contributed by atoms with Gasteiger partial charge in [-0.15, -0.1) is 0 Å². The van der Waals surface area contributed by atoms with Crippen LogP contribution in [0.25, 0.3) is 0 Å². The Morgan fingerprint density at radius 3 is 2.20 bits per heavy atom. The molecule has 3 nitrogen and oxygen atoms in total. The van der Waals surface area contributed by atoms with Gasteiger partial charge in [0, 0.05) is 35.1 Å². The van der Waals surface area contributed by atoms with Gasteiger partial charge in [-0.3, -0.25) is 9.69 Å². The second kappa shape index (κ2) is 7.57. The zero-order valence-electron chi connectivity index (χ0n) is 16.8. The quantitative estimate of drug-likeness (QED) is 0.695. The first-order valence-electron chi connectivity index (χ1n) is 9.12. The van der Waals surface area contributed by atoms with Crippen LogP contribution in [0.4, 0.5) is 0 Å². The lowest BCUT2D eigenvalue weighted by Gasteiger charge is -2.27. The highest BCUT2D eigenvalue weighted by molar-refractivity contribution is 5.99. The van der Waals surface area contributed by atoms with E-state index in [-0.39, 0.29) is 11.3 Å². The number of rotatable bonds is 6. The minimum absolute atomic E-state index is 0.0194. The van der Waals surface area contributed by atoms with E-state index >= 15 is 0 Å². The molecule has 0 bridgehead atoms. The van der Waals surface area contributed by atoms with E-state index in [1.165, 1.54) is 5.56 Å². The van der Waals surface area contributed by atoms with Crippen LogP contribution in [0, 0.1) is 13.8 Å². The summed E-state index contributed by atoms with van der Waals surface area (Å²) in [6, 6.07) is 12.7. The highest BCUT2D eigenvalue weighted by Gasteiger charge is 2.24. The van der Waals surface area contributed by atoms with Crippen LogP contribution in [0.2, 0.25) is 0 Å². The fourth-order valence-electron chi connectivity index (χ4n) is 3.59. The first-order valence-corrected chi connectivity index (χ1v) is 9.12. The van der Waals surface area contributed by atoms with Gasteiger partial charge in [0.1, 0.15) is 0 Å². The SMILES string of the molecule is Cc1cc(C(=O)CN(Cc2ccccc2)C(C)C)c(C)n1C(C)(C)C. The number of ketones is 1. The standard InChI is InChI=1S/C22H32N2O/c1-16(2)23(14-19-11-9-8-10-12-19)15-21(25)20-13-17(3)24(18(20)4)22(5,6)7/h8-13,16H,14-15H2,1-7H3. The number of benzene rings is 1. The van der Waals surface area contributed by atoms with Gasteiger partial charge < -0.3 is 4.57 Å². The normalized spacial score (nSPS) is 12.2. The molecule has 2 rings (SSSR count). The Balaban J connectivity index is 2.22. The van der Waals surface area contributed by atoms with Gasteiger partial charge in [0.05, 0.1) is 6.54 Å². The third-order valence-electron chi connectivity index (χ3n) is 4.71. The Labute approximate surface area is 152 Å². The third-order valence-corrected chi connectivity index (χ3v) is 4.71. The molecule has 0 unspecified atom stereocenters. The molecular weight excluding hydrogens is 308 g/mol. The van der Waals surface area contributed by atoms with E-state index in [2.05, 4.69) is 70.1 Å². The van der Waals surface area contributed by atoms with Crippen LogP contribution in [0.1, 0.15) is 61.9 Å². The summed E-state index contributed by atoms with van der Waals surface area (Å²) in [5.41, 5.74) is 4.29. The molecule has 2 aromatic rings. The fourth-order valence-corrected chi connectivity index (χ4v) is 3.59. The smallest absolute Gasteiger partial charge is 0.178 e. The maximum Gasteiger partial charge on any atom is 0.178 e. The summed E-state index contributed by atoms with van der Waals surface area (Å²) in [5.74, 6) is 0.202. The second-order valence-corrected chi connectivity index (χ2v) is 8.20. The molecule has 0 atom stereocenters. The minimum Gasteiger partial charge on any atom is -0.343 e. The van der Waals surface area contributed by atoms with Gasteiger partial charge in [-0.2, -0.15) is 0 Å². The molecule has 0 aliphatic rings. The molecular formula is C22H32N2O. The molecule has 0 saturated carbocycles. The molecule has 136 valence electrons. The van der Waals surface area contributed by atoms with Crippen molar-refractivity contribution in [3.8, 4) is 0 Å². The fraction of sp³-hybridized carbons (Fsp3) is 0.500. The van der Waals surface area contributed by atoms with Gasteiger partial charge in [0.15, 0.2) is 5.78 Å². The van der Waals surface area contributed by atoms with E-state index in [0.29, 0.717) is 12.6 Å². The molecule has 1 aromatic heterocycles. The molecule has 25 heavy (non-hydrogen) atoms. The Bertz CT molecular complexity index is 720. The summed E-state index contributed by atoms with van der Waals surface area (Å²) in [6.45, 7) is 16.2. The molecule has 1 heterocycles. The predicted molar refractivity (Wildman–Crippen MR) is 105 cm³/mol.